The van der Waals surface area contributed by atoms with Crippen LogP contribution in [0.3, 0.4) is 0 Å². The molecule has 0 aliphatic heterocycles. The molecule has 2 atom stereocenters. The molecule has 0 saturated heterocycles. The highest BCUT2D eigenvalue weighted by molar-refractivity contribution is 5.70. The molecule has 0 radical (unpaired) electrons. The highest BCUT2D eigenvalue weighted by Gasteiger charge is 2.22. The molecule has 0 saturated carbocycles. The Morgan fingerprint density at radius 3 is 2.12 bits per heavy atom. The van der Waals surface area contributed by atoms with Gasteiger partial charge in [0.05, 0.1) is 18.6 Å². The van der Waals surface area contributed by atoms with Gasteiger partial charge in [-0.3, -0.25) is 4.79 Å². The molecule has 0 heterocycles. The average Bonchev–Trinajstić information content (AvgIpc) is 2.87. The van der Waals surface area contributed by atoms with Crippen LogP contribution in [-0.2, 0) is 11.2 Å². The number of ether oxygens (including phenoxy) is 1. The molecule has 34 heavy (non-hydrogen) atoms. The molecule has 2 N–H and O–H groups in total. The zero-order chi connectivity index (χ0) is 24.2. The van der Waals surface area contributed by atoms with Crippen molar-refractivity contribution >= 4 is 5.97 Å². The van der Waals surface area contributed by atoms with Gasteiger partial charge in [0.15, 0.2) is 0 Å². The van der Waals surface area contributed by atoms with E-state index in [1.807, 2.05) is 66.7 Å². The number of hydrogen-bond donors (Lipinski definition) is 2. The maximum absolute atomic E-state index is 11.8. The molecule has 3 aromatic rings. The normalized spacial score (nSPS) is 12.8. The first-order valence-corrected chi connectivity index (χ1v) is 12.3. The maximum Gasteiger partial charge on any atom is 0.306 e. The molecular formula is C30H36O4. The quantitative estimate of drug-likeness (QED) is 0.253. The maximum atomic E-state index is 11.8. The van der Waals surface area contributed by atoms with Crippen molar-refractivity contribution in [3.63, 3.8) is 0 Å². The summed E-state index contributed by atoms with van der Waals surface area (Å²) in [5.74, 6) is -0.539. The van der Waals surface area contributed by atoms with Crippen LogP contribution in [0.5, 0.6) is 5.75 Å². The van der Waals surface area contributed by atoms with Gasteiger partial charge in [0.2, 0.25) is 0 Å². The minimum absolute atomic E-state index is 0.216. The van der Waals surface area contributed by atoms with Crippen LogP contribution in [0.2, 0.25) is 0 Å². The Morgan fingerprint density at radius 2 is 1.50 bits per heavy atom. The lowest BCUT2D eigenvalue weighted by atomic mass is 9.91. The van der Waals surface area contributed by atoms with Crippen LogP contribution in [0.4, 0.5) is 0 Å². The lowest BCUT2D eigenvalue weighted by Gasteiger charge is -2.17. The Hall–Kier alpha value is -3.11. The number of aliphatic hydroxyl groups excluding tert-OH is 1. The van der Waals surface area contributed by atoms with Crippen LogP contribution in [0.15, 0.2) is 78.9 Å². The van der Waals surface area contributed by atoms with Gasteiger partial charge in [0, 0.05) is 0 Å². The topological polar surface area (TPSA) is 66.8 Å². The van der Waals surface area contributed by atoms with Crippen LogP contribution in [0.25, 0.3) is 11.1 Å². The van der Waals surface area contributed by atoms with Crippen molar-refractivity contribution in [1.82, 2.24) is 0 Å². The van der Waals surface area contributed by atoms with E-state index in [-0.39, 0.29) is 6.42 Å². The first-order chi connectivity index (χ1) is 16.6. The number of unbranched alkanes of at least 4 members (excludes halogenated alkanes) is 2. The Morgan fingerprint density at radius 1 is 0.853 bits per heavy atom. The third kappa shape index (κ3) is 8.03. The lowest BCUT2D eigenvalue weighted by molar-refractivity contribution is -0.143. The van der Waals surface area contributed by atoms with Crippen LogP contribution >= 0.6 is 0 Å². The number of aliphatic carboxylic acids is 1. The van der Waals surface area contributed by atoms with Crippen molar-refractivity contribution in [3.05, 3.63) is 90.0 Å². The molecule has 0 fully saturated rings. The molecule has 4 heteroatoms. The fourth-order valence-corrected chi connectivity index (χ4v) is 4.13. The molecule has 0 amide bonds. The summed E-state index contributed by atoms with van der Waals surface area (Å²) in [7, 11) is 0. The molecule has 0 bridgehead atoms. The van der Waals surface area contributed by atoms with Gasteiger partial charge >= 0.3 is 5.97 Å². The predicted molar refractivity (Wildman–Crippen MR) is 137 cm³/mol. The van der Waals surface area contributed by atoms with Crippen molar-refractivity contribution in [2.75, 3.05) is 6.61 Å². The van der Waals surface area contributed by atoms with Crippen molar-refractivity contribution in [1.29, 1.82) is 0 Å². The van der Waals surface area contributed by atoms with Crippen LogP contribution in [0, 0.1) is 5.92 Å². The second kappa shape index (κ2) is 13.6. The molecule has 3 aromatic carbocycles. The van der Waals surface area contributed by atoms with E-state index in [9.17, 15) is 15.0 Å². The summed E-state index contributed by atoms with van der Waals surface area (Å²) in [5.41, 5.74) is 4.07. The summed E-state index contributed by atoms with van der Waals surface area (Å²) in [4.78, 5) is 11.8. The lowest BCUT2D eigenvalue weighted by Crippen LogP contribution is -2.17. The summed E-state index contributed by atoms with van der Waals surface area (Å²) in [6.07, 6.45) is 5.02. The van der Waals surface area contributed by atoms with Crippen molar-refractivity contribution in [2.24, 2.45) is 5.92 Å². The Labute approximate surface area is 203 Å². The molecule has 0 aliphatic rings. The van der Waals surface area contributed by atoms with E-state index >= 15 is 0 Å². The SMILES string of the molecule is CCCCCOc1ccc(-c2ccc([C@@H](O)C[C@H](CCCc3ccccc3)C(=O)O)cc2)cc1. The van der Waals surface area contributed by atoms with E-state index < -0.39 is 18.0 Å². The van der Waals surface area contributed by atoms with E-state index in [1.54, 1.807) is 0 Å². The Balaban J connectivity index is 1.52. The molecule has 0 spiro atoms. The number of benzene rings is 3. The number of hydrogen-bond acceptors (Lipinski definition) is 3. The molecule has 0 aromatic heterocycles. The highest BCUT2D eigenvalue weighted by Crippen LogP contribution is 2.28. The fourth-order valence-electron chi connectivity index (χ4n) is 4.13. The van der Waals surface area contributed by atoms with Crippen LogP contribution < -0.4 is 4.74 Å². The first-order valence-electron chi connectivity index (χ1n) is 12.3. The smallest absolute Gasteiger partial charge is 0.306 e. The van der Waals surface area contributed by atoms with Crippen LogP contribution in [-0.4, -0.2) is 22.8 Å². The van der Waals surface area contributed by atoms with Gasteiger partial charge in [0.25, 0.3) is 0 Å². The molecule has 4 nitrogen and oxygen atoms in total. The molecule has 3 rings (SSSR count). The summed E-state index contributed by atoms with van der Waals surface area (Å²) in [6.45, 7) is 2.92. The number of carboxylic acid groups (broad SMARTS) is 1. The van der Waals surface area contributed by atoms with Crippen molar-refractivity contribution in [2.45, 2.75) is 58.0 Å². The fraction of sp³-hybridized carbons (Fsp3) is 0.367. The van der Waals surface area contributed by atoms with E-state index in [1.165, 1.54) is 18.4 Å². The largest absolute Gasteiger partial charge is 0.494 e. The molecule has 0 aliphatic carbocycles. The Kier molecular flexibility index (Phi) is 10.2. The summed E-state index contributed by atoms with van der Waals surface area (Å²) < 4.78 is 5.78. The monoisotopic (exact) mass is 460 g/mol. The number of aryl methyl sites for hydroxylation is 1. The van der Waals surface area contributed by atoms with Gasteiger partial charge in [-0.2, -0.15) is 0 Å². The summed E-state index contributed by atoms with van der Waals surface area (Å²) in [5, 5.41) is 20.3. The predicted octanol–water partition coefficient (Wildman–Crippen LogP) is 7.07. The number of rotatable bonds is 14. The van der Waals surface area contributed by atoms with E-state index in [4.69, 9.17) is 4.74 Å². The van der Waals surface area contributed by atoms with Crippen molar-refractivity contribution < 1.29 is 19.7 Å². The number of aliphatic hydroxyl groups is 1. The second-order valence-corrected chi connectivity index (χ2v) is 8.87. The van der Waals surface area contributed by atoms with Gasteiger partial charge < -0.3 is 14.9 Å². The molecule has 180 valence electrons. The van der Waals surface area contributed by atoms with Crippen LogP contribution in [0.1, 0.15) is 62.7 Å². The second-order valence-electron chi connectivity index (χ2n) is 8.87. The number of carboxylic acids is 1. The van der Waals surface area contributed by atoms with E-state index in [0.29, 0.717) is 6.42 Å². The van der Waals surface area contributed by atoms with E-state index in [0.717, 1.165) is 48.3 Å². The minimum Gasteiger partial charge on any atom is -0.494 e. The average molecular weight is 461 g/mol. The molecule has 0 unspecified atom stereocenters. The van der Waals surface area contributed by atoms with Gasteiger partial charge in [-0.15, -0.1) is 0 Å². The summed E-state index contributed by atoms with van der Waals surface area (Å²) >= 11 is 0. The standard InChI is InChI=1S/C30H36O4/c1-2-3-7-21-34-28-19-17-25(18-20-28)24-13-15-26(16-14-24)29(31)22-27(30(32)33)12-8-11-23-9-5-4-6-10-23/h4-6,9-10,13-20,27,29,31H,2-3,7-8,11-12,21-22H2,1H3,(H,32,33)/t27-,29-/m0/s1. The van der Waals surface area contributed by atoms with Gasteiger partial charge in [-0.05, 0) is 66.5 Å². The first kappa shape index (κ1) is 25.5. The zero-order valence-electron chi connectivity index (χ0n) is 20.0. The zero-order valence-corrected chi connectivity index (χ0v) is 20.0. The van der Waals surface area contributed by atoms with Gasteiger partial charge in [-0.1, -0.05) is 86.5 Å². The van der Waals surface area contributed by atoms with Crippen molar-refractivity contribution in [3.8, 4) is 16.9 Å². The third-order valence-electron chi connectivity index (χ3n) is 6.22. The number of carbonyl (C=O) groups is 1. The van der Waals surface area contributed by atoms with E-state index in [2.05, 4.69) is 19.1 Å². The third-order valence-corrected chi connectivity index (χ3v) is 6.22. The van der Waals surface area contributed by atoms with Gasteiger partial charge in [-0.25, -0.2) is 0 Å². The summed E-state index contributed by atoms with van der Waals surface area (Å²) in [6, 6.07) is 25.8. The molecular weight excluding hydrogens is 424 g/mol. The Bertz CT molecular complexity index is 981. The highest BCUT2D eigenvalue weighted by atomic mass is 16.5. The van der Waals surface area contributed by atoms with Gasteiger partial charge in [0.1, 0.15) is 5.75 Å². The minimum atomic E-state index is -0.847.